The highest BCUT2D eigenvalue weighted by atomic mass is 16.5. The summed E-state index contributed by atoms with van der Waals surface area (Å²) in [5, 5.41) is 11.0. The molecule has 0 radical (unpaired) electrons. The van der Waals surface area contributed by atoms with Gasteiger partial charge in [-0.1, -0.05) is 30.3 Å². The van der Waals surface area contributed by atoms with E-state index in [1.165, 1.54) is 7.11 Å². The van der Waals surface area contributed by atoms with E-state index in [2.05, 4.69) is 10.1 Å². The Morgan fingerprint density at radius 3 is 2.56 bits per heavy atom. The molecule has 18 heavy (non-hydrogen) atoms. The van der Waals surface area contributed by atoms with Crippen LogP contribution in [0.15, 0.2) is 30.3 Å². The van der Waals surface area contributed by atoms with Crippen LogP contribution in [0.2, 0.25) is 0 Å². The molecule has 0 spiro atoms. The SMILES string of the molecule is COC[C@@H](NC(=O)OCc1ccccc1)C(=O)O. The zero-order chi connectivity index (χ0) is 13.4. The van der Waals surface area contributed by atoms with Crippen molar-refractivity contribution in [3.63, 3.8) is 0 Å². The van der Waals surface area contributed by atoms with Gasteiger partial charge in [-0.2, -0.15) is 0 Å². The highest BCUT2D eigenvalue weighted by Gasteiger charge is 2.20. The second-order valence-electron chi connectivity index (χ2n) is 3.55. The lowest BCUT2D eigenvalue weighted by molar-refractivity contribution is -0.140. The third-order valence-corrected chi connectivity index (χ3v) is 2.14. The van der Waals surface area contributed by atoms with Crippen LogP contribution in [0.5, 0.6) is 0 Å². The van der Waals surface area contributed by atoms with Crippen LogP contribution in [-0.4, -0.2) is 36.9 Å². The lowest BCUT2D eigenvalue weighted by atomic mass is 10.2. The fourth-order valence-electron chi connectivity index (χ4n) is 1.25. The van der Waals surface area contributed by atoms with Crippen molar-refractivity contribution in [1.29, 1.82) is 0 Å². The number of carbonyl (C=O) groups is 2. The van der Waals surface area contributed by atoms with E-state index in [-0.39, 0.29) is 13.2 Å². The molecule has 0 saturated heterocycles. The number of methoxy groups -OCH3 is 1. The Kier molecular flexibility index (Phi) is 5.66. The van der Waals surface area contributed by atoms with Crippen molar-refractivity contribution in [3.05, 3.63) is 35.9 Å². The molecule has 2 N–H and O–H groups in total. The number of benzene rings is 1. The monoisotopic (exact) mass is 253 g/mol. The van der Waals surface area contributed by atoms with Crippen LogP contribution < -0.4 is 5.32 Å². The molecule has 1 aromatic carbocycles. The molecule has 0 aliphatic carbocycles. The van der Waals surface area contributed by atoms with Gasteiger partial charge in [-0.05, 0) is 5.56 Å². The van der Waals surface area contributed by atoms with Gasteiger partial charge < -0.3 is 19.9 Å². The Balaban J connectivity index is 2.39. The van der Waals surface area contributed by atoms with E-state index in [1.54, 1.807) is 12.1 Å². The van der Waals surface area contributed by atoms with Crippen LogP contribution in [0.4, 0.5) is 4.79 Å². The average molecular weight is 253 g/mol. The molecule has 6 heteroatoms. The second kappa shape index (κ2) is 7.29. The van der Waals surface area contributed by atoms with Crippen LogP contribution in [0.1, 0.15) is 5.56 Å². The number of ether oxygens (including phenoxy) is 2. The summed E-state index contributed by atoms with van der Waals surface area (Å²) in [6, 6.07) is 7.98. The number of hydrogen-bond acceptors (Lipinski definition) is 4. The Morgan fingerprint density at radius 2 is 2.00 bits per heavy atom. The molecule has 0 aliphatic heterocycles. The Hall–Kier alpha value is -2.08. The molecule has 98 valence electrons. The molecule has 1 atom stereocenters. The van der Waals surface area contributed by atoms with E-state index >= 15 is 0 Å². The summed E-state index contributed by atoms with van der Waals surface area (Å²) < 4.78 is 9.56. The van der Waals surface area contributed by atoms with Crippen molar-refractivity contribution in [3.8, 4) is 0 Å². The molecular weight excluding hydrogens is 238 g/mol. The maximum absolute atomic E-state index is 11.4. The van der Waals surface area contributed by atoms with Crippen LogP contribution in [0.25, 0.3) is 0 Å². The molecule has 6 nitrogen and oxygen atoms in total. The molecular formula is C12H15NO5. The van der Waals surface area contributed by atoms with Crippen molar-refractivity contribution >= 4 is 12.1 Å². The lowest BCUT2D eigenvalue weighted by Gasteiger charge is -2.13. The first-order valence-electron chi connectivity index (χ1n) is 5.32. The number of carbonyl (C=O) groups excluding carboxylic acids is 1. The molecule has 0 saturated carbocycles. The van der Waals surface area contributed by atoms with Gasteiger partial charge in [-0.15, -0.1) is 0 Å². The topological polar surface area (TPSA) is 84.9 Å². The van der Waals surface area contributed by atoms with E-state index in [4.69, 9.17) is 9.84 Å². The lowest BCUT2D eigenvalue weighted by Crippen LogP contribution is -2.43. The highest BCUT2D eigenvalue weighted by Crippen LogP contribution is 2.00. The maximum Gasteiger partial charge on any atom is 0.408 e. The molecule has 1 rings (SSSR count). The van der Waals surface area contributed by atoms with Crippen LogP contribution in [0, 0.1) is 0 Å². The number of amides is 1. The number of aliphatic carboxylic acids is 1. The van der Waals surface area contributed by atoms with E-state index in [0.29, 0.717) is 0 Å². The van der Waals surface area contributed by atoms with Gasteiger partial charge in [0, 0.05) is 7.11 Å². The van der Waals surface area contributed by atoms with Gasteiger partial charge in [0.1, 0.15) is 6.61 Å². The summed E-state index contributed by atoms with van der Waals surface area (Å²) in [6.45, 7) is -0.0260. The molecule has 0 heterocycles. The Morgan fingerprint density at radius 1 is 1.33 bits per heavy atom. The van der Waals surface area contributed by atoms with E-state index < -0.39 is 18.1 Å². The summed E-state index contributed by atoms with van der Waals surface area (Å²) in [6.07, 6.45) is -0.789. The predicted octanol–water partition coefficient (Wildman–Crippen LogP) is 1.01. The normalized spacial score (nSPS) is 11.6. The molecule has 1 aromatic rings. The Labute approximate surface area is 105 Å². The third-order valence-electron chi connectivity index (χ3n) is 2.14. The average Bonchev–Trinajstić information content (AvgIpc) is 2.37. The predicted molar refractivity (Wildman–Crippen MR) is 63.1 cm³/mol. The quantitative estimate of drug-likeness (QED) is 0.790. The minimum atomic E-state index is -1.17. The van der Waals surface area contributed by atoms with Crippen molar-refractivity contribution in [1.82, 2.24) is 5.32 Å². The zero-order valence-corrected chi connectivity index (χ0v) is 9.96. The largest absolute Gasteiger partial charge is 0.480 e. The summed E-state index contributed by atoms with van der Waals surface area (Å²) in [5.74, 6) is -1.17. The van der Waals surface area contributed by atoms with Crippen LogP contribution in [0.3, 0.4) is 0 Å². The Bertz CT molecular complexity index is 393. The number of alkyl carbamates (subject to hydrolysis) is 1. The van der Waals surface area contributed by atoms with E-state index in [1.807, 2.05) is 18.2 Å². The summed E-state index contributed by atoms with van der Waals surface area (Å²) >= 11 is 0. The minimum Gasteiger partial charge on any atom is -0.480 e. The third kappa shape index (κ3) is 4.84. The van der Waals surface area contributed by atoms with Crippen LogP contribution in [-0.2, 0) is 20.9 Å². The summed E-state index contributed by atoms with van der Waals surface area (Å²) in [7, 11) is 1.35. The number of carboxylic acid groups (broad SMARTS) is 1. The minimum absolute atomic E-state index is 0.0893. The van der Waals surface area contributed by atoms with E-state index in [9.17, 15) is 9.59 Å². The highest BCUT2D eigenvalue weighted by molar-refractivity contribution is 5.79. The van der Waals surface area contributed by atoms with Gasteiger partial charge in [-0.3, -0.25) is 0 Å². The summed E-state index contributed by atoms with van der Waals surface area (Å²) in [5.41, 5.74) is 0.825. The van der Waals surface area contributed by atoms with Crippen molar-refractivity contribution < 1.29 is 24.2 Å². The van der Waals surface area contributed by atoms with Crippen molar-refractivity contribution in [2.24, 2.45) is 0 Å². The fraction of sp³-hybridized carbons (Fsp3) is 0.333. The molecule has 0 fully saturated rings. The molecule has 0 bridgehead atoms. The smallest absolute Gasteiger partial charge is 0.408 e. The first-order valence-corrected chi connectivity index (χ1v) is 5.32. The number of rotatable bonds is 6. The van der Waals surface area contributed by atoms with Gasteiger partial charge in [0.2, 0.25) is 0 Å². The molecule has 1 amide bonds. The fourth-order valence-corrected chi connectivity index (χ4v) is 1.25. The van der Waals surface area contributed by atoms with Gasteiger partial charge in [0.15, 0.2) is 6.04 Å². The van der Waals surface area contributed by atoms with Gasteiger partial charge >= 0.3 is 12.1 Å². The number of nitrogens with one attached hydrogen (secondary N) is 1. The number of carboxylic acids is 1. The van der Waals surface area contributed by atoms with E-state index in [0.717, 1.165) is 5.56 Å². The molecule has 0 aromatic heterocycles. The number of hydrogen-bond donors (Lipinski definition) is 2. The van der Waals surface area contributed by atoms with Crippen molar-refractivity contribution in [2.75, 3.05) is 13.7 Å². The first kappa shape index (κ1) is 14.0. The van der Waals surface area contributed by atoms with Gasteiger partial charge in [0.05, 0.1) is 6.61 Å². The second-order valence-corrected chi connectivity index (χ2v) is 3.55. The first-order chi connectivity index (χ1) is 8.63. The zero-order valence-electron chi connectivity index (χ0n) is 9.96. The van der Waals surface area contributed by atoms with Gasteiger partial charge in [-0.25, -0.2) is 9.59 Å². The molecule has 0 unspecified atom stereocenters. The van der Waals surface area contributed by atoms with Crippen LogP contribution >= 0.6 is 0 Å². The standard InChI is InChI=1S/C12H15NO5/c1-17-8-10(11(14)15)13-12(16)18-7-9-5-3-2-4-6-9/h2-6,10H,7-8H2,1H3,(H,13,16)(H,14,15)/t10-/m1/s1. The summed E-state index contributed by atoms with van der Waals surface area (Å²) in [4.78, 5) is 22.1. The van der Waals surface area contributed by atoms with Gasteiger partial charge in [0.25, 0.3) is 0 Å². The molecule has 0 aliphatic rings. The van der Waals surface area contributed by atoms with Crippen molar-refractivity contribution in [2.45, 2.75) is 12.6 Å². The maximum atomic E-state index is 11.4.